The van der Waals surface area contributed by atoms with Gasteiger partial charge in [0.05, 0.1) is 12.7 Å². The van der Waals surface area contributed by atoms with Gasteiger partial charge in [-0.3, -0.25) is 4.98 Å². The van der Waals surface area contributed by atoms with E-state index in [2.05, 4.69) is 16.8 Å². The predicted octanol–water partition coefficient (Wildman–Crippen LogP) is 0.790. The van der Waals surface area contributed by atoms with E-state index in [1.165, 1.54) is 0 Å². The van der Waals surface area contributed by atoms with Gasteiger partial charge in [-0.05, 0) is 6.07 Å². The minimum Gasteiger partial charge on any atom is -0.495 e. The quantitative estimate of drug-likeness (QED) is 0.678. The Morgan fingerprint density at radius 2 is 2.46 bits per heavy atom. The van der Waals surface area contributed by atoms with E-state index in [-0.39, 0.29) is 0 Å². The number of methoxy groups -OCH3 is 1. The van der Waals surface area contributed by atoms with Crippen LogP contribution in [0.4, 0.5) is 0 Å². The zero-order chi connectivity index (χ0) is 9.52. The molecule has 0 saturated heterocycles. The molecule has 1 aromatic heterocycles. The first-order chi connectivity index (χ1) is 6.38. The van der Waals surface area contributed by atoms with E-state index >= 15 is 0 Å². The highest BCUT2D eigenvalue weighted by molar-refractivity contribution is 5.43. The van der Waals surface area contributed by atoms with Crippen LogP contribution < -0.4 is 10.5 Å². The number of pyridine rings is 1. The summed E-state index contributed by atoms with van der Waals surface area (Å²) < 4.78 is 5.10. The lowest BCUT2D eigenvalue weighted by molar-refractivity contribution is 0.413. The van der Waals surface area contributed by atoms with Crippen molar-refractivity contribution in [2.45, 2.75) is 6.42 Å². The fourth-order valence-electron chi connectivity index (χ4n) is 0.883. The largest absolute Gasteiger partial charge is 0.495 e. The van der Waals surface area contributed by atoms with Crippen LogP contribution in [0.3, 0.4) is 0 Å². The summed E-state index contributed by atoms with van der Waals surface area (Å²) in [5, 5.41) is 0. The Bertz CT molecular complexity index is 325. The number of ether oxygens (including phenoxy) is 1. The molecule has 0 saturated carbocycles. The maximum atomic E-state index is 5.31. The fraction of sp³-hybridized carbons (Fsp3) is 0.300. The number of aromatic nitrogens is 1. The van der Waals surface area contributed by atoms with Crippen molar-refractivity contribution in [1.82, 2.24) is 4.98 Å². The summed E-state index contributed by atoms with van der Waals surface area (Å²) in [6.45, 7) is 0.579. The normalized spacial score (nSPS) is 8.77. The molecule has 2 N–H and O–H groups in total. The molecule has 0 unspecified atom stereocenters. The first kappa shape index (κ1) is 9.56. The molecule has 1 rings (SSSR count). The molecule has 0 aromatic carbocycles. The van der Waals surface area contributed by atoms with Crippen LogP contribution in [0.5, 0.6) is 5.75 Å². The lowest BCUT2D eigenvalue weighted by Crippen LogP contribution is -1.95. The summed E-state index contributed by atoms with van der Waals surface area (Å²) in [6.07, 6.45) is 4.05. The number of hydrogen-bond donors (Lipinski definition) is 1. The maximum Gasteiger partial charge on any atom is 0.137 e. The van der Waals surface area contributed by atoms with Crippen molar-refractivity contribution in [3.05, 3.63) is 24.0 Å². The van der Waals surface area contributed by atoms with Gasteiger partial charge in [0, 0.05) is 25.4 Å². The zero-order valence-electron chi connectivity index (χ0n) is 7.58. The Morgan fingerprint density at radius 3 is 3.15 bits per heavy atom. The van der Waals surface area contributed by atoms with E-state index in [0.717, 1.165) is 11.3 Å². The Kier molecular flexibility index (Phi) is 3.80. The van der Waals surface area contributed by atoms with Gasteiger partial charge in [0.25, 0.3) is 0 Å². The van der Waals surface area contributed by atoms with Gasteiger partial charge in [-0.1, -0.05) is 11.8 Å². The monoisotopic (exact) mass is 176 g/mol. The summed E-state index contributed by atoms with van der Waals surface area (Å²) in [6, 6.07) is 1.78. The molecular formula is C10H12N2O. The van der Waals surface area contributed by atoms with Crippen LogP contribution in [0, 0.1) is 11.8 Å². The van der Waals surface area contributed by atoms with Crippen molar-refractivity contribution in [3.8, 4) is 17.6 Å². The first-order valence-corrected chi connectivity index (χ1v) is 4.05. The van der Waals surface area contributed by atoms with Gasteiger partial charge in [0.1, 0.15) is 5.75 Å². The molecular weight excluding hydrogens is 164 g/mol. The van der Waals surface area contributed by atoms with Gasteiger partial charge in [0.15, 0.2) is 0 Å². The van der Waals surface area contributed by atoms with Gasteiger partial charge in [0.2, 0.25) is 0 Å². The Labute approximate surface area is 77.9 Å². The minimum atomic E-state index is 0.579. The predicted molar refractivity (Wildman–Crippen MR) is 51.3 cm³/mol. The van der Waals surface area contributed by atoms with E-state index in [1.54, 1.807) is 25.6 Å². The lowest BCUT2D eigenvalue weighted by atomic mass is 10.2. The van der Waals surface area contributed by atoms with Gasteiger partial charge >= 0.3 is 0 Å². The number of nitrogens with two attached hydrogens (primary N) is 1. The average molecular weight is 176 g/mol. The molecule has 0 radical (unpaired) electrons. The highest BCUT2D eigenvalue weighted by Gasteiger charge is 1.96. The van der Waals surface area contributed by atoms with Crippen LogP contribution in [0.25, 0.3) is 0 Å². The van der Waals surface area contributed by atoms with E-state index in [4.69, 9.17) is 10.5 Å². The topological polar surface area (TPSA) is 48.1 Å². The van der Waals surface area contributed by atoms with Crippen molar-refractivity contribution >= 4 is 0 Å². The Balaban J connectivity index is 2.82. The SMILES string of the molecule is COc1ccncc1C#CCCN. The summed E-state index contributed by atoms with van der Waals surface area (Å²) in [4.78, 5) is 3.96. The highest BCUT2D eigenvalue weighted by Crippen LogP contribution is 2.13. The fourth-order valence-corrected chi connectivity index (χ4v) is 0.883. The van der Waals surface area contributed by atoms with Gasteiger partial charge in [-0.15, -0.1) is 0 Å². The Morgan fingerprint density at radius 1 is 1.62 bits per heavy atom. The van der Waals surface area contributed by atoms with E-state index in [0.29, 0.717) is 13.0 Å². The van der Waals surface area contributed by atoms with Crippen LogP contribution in [0.1, 0.15) is 12.0 Å². The third kappa shape index (κ3) is 2.77. The first-order valence-electron chi connectivity index (χ1n) is 4.05. The molecule has 1 aromatic rings. The summed E-state index contributed by atoms with van der Waals surface area (Å²) in [5.74, 6) is 6.63. The third-order valence-electron chi connectivity index (χ3n) is 1.49. The third-order valence-corrected chi connectivity index (χ3v) is 1.49. The minimum absolute atomic E-state index is 0.579. The van der Waals surface area contributed by atoms with Crippen molar-refractivity contribution in [2.24, 2.45) is 5.73 Å². The average Bonchev–Trinajstić information content (AvgIpc) is 2.19. The second-order valence-corrected chi connectivity index (χ2v) is 2.42. The standard InChI is InChI=1S/C10H12N2O/c1-13-10-5-7-12-8-9(10)4-2-3-6-11/h5,7-8H,3,6,11H2,1H3. The molecule has 0 aliphatic carbocycles. The second-order valence-electron chi connectivity index (χ2n) is 2.42. The van der Waals surface area contributed by atoms with Gasteiger partial charge in [-0.25, -0.2) is 0 Å². The van der Waals surface area contributed by atoms with Gasteiger partial charge in [-0.2, -0.15) is 0 Å². The van der Waals surface area contributed by atoms with E-state index in [1.807, 2.05) is 0 Å². The van der Waals surface area contributed by atoms with E-state index < -0.39 is 0 Å². The van der Waals surface area contributed by atoms with Crippen molar-refractivity contribution in [3.63, 3.8) is 0 Å². The number of hydrogen-bond acceptors (Lipinski definition) is 3. The molecule has 3 nitrogen and oxygen atoms in total. The molecule has 3 heteroatoms. The highest BCUT2D eigenvalue weighted by atomic mass is 16.5. The molecule has 0 spiro atoms. The van der Waals surface area contributed by atoms with Crippen molar-refractivity contribution in [2.75, 3.05) is 13.7 Å². The van der Waals surface area contributed by atoms with Crippen LogP contribution in [0.15, 0.2) is 18.5 Å². The summed E-state index contributed by atoms with van der Waals surface area (Å²) in [7, 11) is 1.61. The second kappa shape index (κ2) is 5.18. The van der Waals surface area contributed by atoms with Crippen LogP contribution in [0.2, 0.25) is 0 Å². The molecule has 0 amide bonds. The molecule has 0 fully saturated rings. The van der Waals surface area contributed by atoms with Crippen LogP contribution >= 0.6 is 0 Å². The zero-order valence-corrected chi connectivity index (χ0v) is 7.58. The number of rotatable bonds is 2. The molecule has 0 aliphatic heterocycles. The summed E-state index contributed by atoms with van der Waals surface area (Å²) in [5.41, 5.74) is 6.12. The van der Waals surface area contributed by atoms with Crippen molar-refractivity contribution < 1.29 is 4.74 Å². The lowest BCUT2D eigenvalue weighted by Gasteiger charge is -1.99. The molecule has 1 heterocycles. The Hall–Kier alpha value is -1.53. The summed E-state index contributed by atoms with van der Waals surface area (Å²) >= 11 is 0. The molecule has 0 atom stereocenters. The van der Waals surface area contributed by atoms with E-state index in [9.17, 15) is 0 Å². The van der Waals surface area contributed by atoms with Crippen molar-refractivity contribution in [1.29, 1.82) is 0 Å². The maximum absolute atomic E-state index is 5.31. The molecule has 13 heavy (non-hydrogen) atoms. The van der Waals surface area contributed by atoms with Gasteiger partial charge < -0.3 is 10.5 Å². The molecule has 68 valence electrons. The molecule has 0 bridgehead atoms. The van der Waals surface area contributed by atoms with Crippen LogP contribution in [-0.4, -0.2) is 18.6 Å². The smallest absolute Gasteiger partial charge is 0.137 e. The van der Waals surface area contributed by atoms with Crippen LogP contribution in [-0.2, 0) is 0 Å². The number of nitrogens with zero attached hydrogens (tertiary/aromatic N) is 1. The molecule has 0 aliphatic rings.